The fourth-order valence-corrected chi connectivity index (χ4v) is 1.95. The second-order valence-electron chi connectivity index (χ2n) is 4.70. The average molecular weight is 274 g/mol. The van der Waals surface area contributed by atoms with Crippen LogP contribution in [0.15, 0.2) is 42.7 Å². The van der Waals surface area contributed by atoms with E-state index in [1.165, 1.54) is 10.9 Å². The number of hydrogen-bond donors (Lipinski definition) is 1. The summed E-state index contributed by atoms with van der Waals surface area (Å²) in [7, 11) is 0. The smallest absolute Gasteiger partial charge is 0.307 e. The van der Waals surface area contributed by atoms with Crippen LogP contribution in [0.4, 0.5) is 5.69 Å². The van der Waals surface area contributed by atoms with Crippen molar-refractivity contribution >= 4 is 11.6 Å². The fraction of sp³-hybridized carbons (Fsp3) is 0.231. The summed E-state index contributed by atoms with van der Waals surface area (Å²) in [5, 5.41) is 14.6. The van der Waals surface area contributed by atoms with Crippen LogP contribution in [0.5, 0.6) is 0 Å². The number of nitrogens with two attached hydrogens (primary N) is 1. The van der Waals surface area contributed by atoms with Gasteiger partial charge in [0.25, 0.3) is 0 Å². The van der Waals surface area contributed by atoms with Gasteiger partial charge in [0.2, 0.25) is 5.91 Å². The van der Waals surface area contributed by atoms with Crippen molar-refractivity contribution in [1.82, 2.24) is 9.78 Å². The molecule has 7 heteroatoms. The van der Waals surface area contributed by atoms with Crippen molar-refractivity contribution in [2.45, 2.75) is 18.9 Å². The zero-order valence-electron chi connectivity index (χ0n) is 10.9. The highest BCUT2D eigenvalue weighted by Crippen LogP contribution is 2.23. The third-order valence-electron chi connectivity index (χ3n) is 3.21. The van der Waals surface area contributed by atoms with Crippen molar-refractivity contribution in [1.29, 1.82) is 0 Å². The Morgan fingerprint density at radius 2 is 2.10 bits per heavy atom. The minimum atomic E-state index is -1.16. The van der Waals surface area contributed by atoms with Crippen LogP contribution < -0.4 is 5.73 Å². The predicted octanol–water partition coefficient (Wildman–Crippen LogP) is 1.23. The van der Waals surface area contributed by atoms with Crippen molar-refractivity contribution < 1.29 is 9.72 Å². The summed E-state index contributed by atoms with van der Waals surface area (Å²) in [5.41, 5.74) is 5.03. The van der Waals surface area contributed by atoms with E-state index in [0.717, 1.165) is 11.8 Å². The lowest BCUT2D eigenvalue weighted by molar-refractivity contribution is -0.385. The molecular formula is C13H14N4O3. The van der Waals surface area contributed by atoms with Crippen LogP contribution in [0.3, 0.4) is 0 Å². The van der Waals surface area contributed by atoms with Gasteiger partial charge >= 0.3 is 5.69 Å². The highest BCUT2D eigenvalue weighted by Gasteiger charge is 2.35. The molecule has 2 aromatic rings. The minimum Gasteiger partial charge on any atom is -0.368 e. The molecule has 0 saturated carbocycles. The van der Waals surface area contributed by atoms with E-state index in [4.69, 9.17) is 5.73 Å². The SMILES string of the molecule is CC(Cc1ccccc1)(C(N)=O)n1cc([N+](=O)[O-])cn1. The summed E-state index contributed by atoms with van der Waals surface area (Å²) in [6.45, 7) is 1.61. The van der Waals surface area contributed by atoms with Gasteiger partial charge in [-0.2, -0.15) is 5.10 Å². The van der Waals surface area contributed by atoms with E-state index >= 15 is 0 Å². The van der Waals surface area contributed by atoms with E-state index < -0.39 is 16.4 Å². The largest absolute Gasteiger partial charge is 0.368 e. The highest BCUT2D eigenvalue weighted by molar-refractivity contribution is 5.82. The van der Waals surface area contributed by atoms with E-state index in [2.05, 4.69) is 5.10 Å². The molecule has 1 atom stereocenters. The molecule has 0 aliphatic rings. The number of rotatable bonds is 5. The molecule has 7 nitrogen and oxygen atoms in total. The van der Waals surface area contributed by atoms with Crippen LogP contribution in [0.25, 0.3) is 0 Å². The predicted molar refractivity (Wildman–Crippen MR) is 71.9 cm³/mol. The first kappa shape index (κ1) is 13.7. The maximum absolute atomic E-state index is 11.8. The molecule has 0 fully saturated rings. The van der Waals surface area contributed by atoms with E-state index in [0.29, 0.717) is 6.42 Å². The zero-order chi connectivity index (χ0) is 14.8. The molecule has 0 aliphatic heterocycles. The fourth-order valence-electron chi connectivity index (χ4n) is 1.95. The van der Waals surface area contributed by atoms with Gasteiger partial charge < -0.3 is 5.73 Å². The van der Waals surface area contributed by atoms with Crippen molar-refractivity contribution in [2.75, 3.05) is 0 Å². The van der Waals surface area contributed by atoms with Gasteiger partial charge in [0.15, 0.2) is 0 Å². The van der Waals surface area contributed by atoms with Crippen molar-refractivity contribution in [3.05, 3.63) is 58.4 Å². The molecule has 1 aromatic carbocycles. The summed E-state index contributed by atoms with van der Waals surface area (Å²) in [5.74, 6) is -0.598. The van der Waals surface area contributed by atoms with Crippen molar-refractivity contribution in [3.8, 4) is 0 Å². The number of aromatic nitrogens is 2. The van der Waals surface area contributed by atoms with Crippen LogP contribution in [0.2, 0.25) is 0 Å². The molecule has 0 bridgehead atoms. The van der Waals surface area contributed by atoms with Gasteiger partial charge in [-0.25, -0.2) is 4.68 Å². The first-order chi connectivity index (χ1) is 9.43. The van der Waals surface area contributed by atoms with E-state index in [9.17, 15) is 14.9 Å². The Kier molecular flexibility index (Phi) is 3.51. The number of amides is 1. The zero-order valence-corrected chi connectivity index (χ0v) is 10.9. The lowest BCUT2D eigenvalue weighted by Gasteiger charge is -2.26. The highest BCUT2D eigenvalue weighted by atomic mass is 16.6. The Bertz CT molecular complexity index is 638. The Morgan fingerprint density at radius 1 is 1.45 bits per heavy atom. The topological polar surface area (TPSA) is 104 Å². The van der Waals surface area contributed by atoms with Crippen LogP contribution in [-0.4, -0.2) is 20.6 Å². The van der Waals surface area contributed by atoms with Gasteiger partial charge in [-0.05, 0) is 12.5 Å². The molecule has 0 saturated heterocycles. The Balaban J connectivity index is 2.38. The number of nitrogens with zero attached hydrogens (tertiary/aromatic N) is 3. The molecule has 20 heavy (non-hydrogen) atoms. The maximum Gasteiger partial charge on any atom is 0.307 e. The molecule has 1 amide bonds. The summed E-state index contributed by atoms with van der Waals surface area (Å²) in [6, 6.07) is 9.28. The van der Waals surface area contributed by atoms with Gasteiger partial charge in [-0.3, -0.25) is 14.9 Å². The van der Waals surface area contributed by atoms with Crippen LogP contribution >= 0.6 is 0 Å². The number of benzene rings is 1. The number of primary amides is 1. The molecule has 2 N–H and O–H groups in total. The number of hydrogen-bond acceptors (Lipinski definition) is 4. The molecule has 104 valence electrons. The average Bonchev–Trinajstić information content (AvgIpc) is 2.89. The van der Waals surface area contributed by atoms with Crippen molar-refractivity contribution in [3.63, 3.8) is 0 Å². The van der Waals surface area contributed by atoms with Crippen LogP contribution in [0.1, 0.15) is 12.5 Å². The van der Waals surface area contributed by atoms with Crippen molar-refractivity contribution in [2.24, 2.45) is 5.73 Å². The minimum absolute atomic E-state index is 0.175. The van der Waals surface area contributed by atoms with Crippen LogP contribution in [-0.2, 0) is 16.8 Å². The second kappa shape index (κ2) is 5.12. The van der Waals surface area contributed by atoms with E-state index in [1.807, 2.05) is 30.3 Å². The molecule has 2 rings (SSSR count). The molecule has 1 aromatic heterocycles. The van der Waals surface area contributed by atoms with Gasteiger partial charge in [0.05, 0.1) is 4.92 Å². The number of carbonyl (C=O) groups is 1. The molecule has 1 unspecified atom stereocenters. The van der Waals surface area contributed by atoms with Crippen LogP contribution in [0, 0.1) is 10.1 Å². The first-order valence-electron chi connectivity index (χ1n) is 5.97. The monoisotopic (exact) mass is 274 g/mol. The number of carbonyl (C=O) groups excluding carboxylic acids is 1. The summed E-state index contributed by atoms with van der Waals surface area (Å²) in [4.78, 5) is 21.9. The van der Waals surface area contributed by atoms with Gasteiger partial charge in [-0.15, -0.1) is 0 Å². The molecule has 0 radical (unpaired) electrons. The quantitative estimate of drug-likeness (QED) is 0.654. The Labute approximate surface area is 115 Å². The summed E-state index contributed by atoms with van der Waals surface area (Å²) < 4.78 is 1.25. The molecule has 0 spiro atoms. The third-order valence-corrected chi connectivity index (χ3v) is 3.21. The summed E-state index contributed by atoms with van der Waals surface area (Å²) >= 11 is 0. The maximum atomic E-state index is 11.8. The first-order valence-corrected chi connectivity index (χ1v) is 5.97. The van der Waals surface area contributed by atoms with Gasteiger partial charge in [0.1, 0.15) is 17.9 Å². The van der Waals surface area contributed by atoms with Gasteiger partial charge in [0, 0.05) is 6.42 Å². The standard InChI is InChI=1S/C13H14N4O3/c1-13(12(14)18,7-10-5-3-2-4-6-10)16-9-11(8-15-16)17(19)20/h2-6,8-9H,7H2,1H3,(H2,14,18). The number of nitro groups is 1. The third kappa shape index (κ3) is 2.51. The Morgan fingerprint density at radius 3 is 2.60 bits per heavy atom. The second-order valence-corrected chi connectivity index (χ2v) is 4.70. The normalized spacial score (nSPS) is 13.7. The molecule has 0 aliphatic carbocycles. The van der Waals surface area contributed by atoms with Gasteiger partial charge in [-0.1, -0.05) is 30.3 Å². The van der Waals surface area contributed by atoms with E-state index in [-0.39, 0.29) is 5.69 Å². The lowest BCUT2D eigenvalue weighted by atomic mass is 9.92. The Hall–Kier alpha value is -2.70. The summed E-state index contributed by atoms with van der Waals surface area (Å²) in [6.07, 6.45) is 2.63. The molecular weight excluding hydrogens is 260 g/mol. The van der Waals surface area contributed by atoms with E-state index in [1.54, 1.807) is 6.92 Å². The lowest BCUT2D eigenvalue weighted by Crippen LogP contribution is -2.46. The molecule has 1 heterocycles.